The summed E-state index contributed by atoms with van der Waals surface area (Å²) in [5.41, 5.74) is 0.582. The smallest absolute Gasteiger partial charge is 0.332 e. The zero-order valence-electron chi connectivity index (χ0n) is 17.0. The summed E-state index contributed by atoms with van der Waals surface area (Å²) >= 11 is 0. The lowest BCUT2D eigenvalue weighted by atomic mass is 9.94. The van der Waals surface area contributed by atoms with Crippen LogP contribution in [0.4, 0.5) is 4.39 Å². The highest BCUT2D eigenvalue weighted by molar-refractivity contribution is 5.79. The van der Waals surface area contributed by atoms with Crippen molar-refractivity contribution in [3.63, 3.8) is 0 Å². The average molecular weight is 413 g/mol. The topological polar surface area (TPSA) is 82.1 Å². The van der Waals surface area contributed by atoms with Crippen LogP contribution in [-0.4, -0.2) is 42.6 Å². The molecule has 1 aromatic carbocycles. The molecule has 0 bridgehead atoms. The van der Waals surface area contributed by atoms with Crippen molar-refractivity contribution < 1.29 is 9.18 Å². The number of likely N-dealkylation sites (tertiary alicyclic amines) is 1. The monoisotopic (exact) mass is 413 g/mol. The van der Waals surface area contributed by atoms with E-state index in [2.05, 4.69) is 4.98 Å². The van der Waals surface area contributed by atoms with Crippen molar-refractivity contribution in [2.45, 2.75) is 31.7 Å². The van der Waals surface area contributed by atoms with Crippen LogP contribution in [0.3, 0.4) is 0 Å². The minimum atomic E-state index is -0.474. The molecule has 1 aliphatic rings. The van der Waals surface area contributed by atoms with Gasteiger partial charge in [-0.15, -0.1) is 0 Å². The zero-order valence-corrected chi connectivity index (χ0v) is 17.0. The normalized spacial score (nSPS) is 17.3. The van der Waals surface area contributed by atoms with Gasteiger partial charge in [0.2, 0.25) is 5.91 Å². The second-order valence-electron chi connectivity index (χ2n) is 7.83. The number of nitrogens with zero attached hydrogens (tertiary/aromatic N) is 5. The van der Waals surface area contributed by atoms with Gasteiger partial charge in [-0.25, -0.2) is 14.2 Å². The van der Waals surface area contributed by atoms with Gasteiger partial charge in [0.15, 0.2) is 11.2 Å². The Labute approximate surface area is 172 Å². The third-order valence-electron chi connectivity index (χ3n) is 5.89. The molecule has 158 valence electrons. The largest absolute Gasteiger partial charge is 0.341 e. The molecule has 1 fully saturated rings. The Morgan fingerprint density at radius 2 is 1.87 bits per heavy atom. The molecule has 30 heavy (non-hydrogen) atoms. The number of imidazole rings is 1. The predicted molar refractivity (Wildman–Crippen MR) is 110 cm³/mol. The molecule has 2 aromatic heterocycles. The van der Waals surface area contributed by atoms with E-state index < -0.39 is 11.2 Å². The molecule has 0 N–H and O–H groups in total. The maximum absolute atomic E-state index is 13.3. The van der Waals surface area contributed by atoms with Crippen LogP contribution < -0.4 is 11.2 Å². The Bertz CT molecular complexity index is 1210. The highest BCUT2D eigenvalue weighted by Crippen LogP contribution is 2.27. The number of halogens is 1. The first-order valence-corrected chi connectivity index (χ1v) is 10.0. The number of benzene rings is 1. The van der Waals surface area contributed by atoms with Crippen LogP contribution in [0.5, 0.6) is 0 Å². The molecular formula is C21H24FN5O3. The maximum Gasteiger partial charge on any atom is 0.332 e. The molecule has 8 nitrogen and oxygen atoms in total. The van der Waals surface area contributed by atoms with Gasteiger partial charge >= 0.3 is 5.69 Å². The van der Waals surface area contributed by atoms with Gasteiger partial charge in [0.25, 0.3) is 5.56 Å². The molecule has 1 atom stereocenters. The van der Waals surface area contributed by atoms with Crippen LogP contribution in [0.1, 0.15) is 30.7 Å². The van der Waals surface area contributed by atoms with Crippen LogP contribution in [0.2, 0.25) is 0 Å². The minimum Gasteiger partial charge on any atom is -0.341 e. The number of aromatic nitrogens is 4. The van der Waals surface area contributed by atoms with Crippen molar-refractivity contribution in [3.05, 3.63) is 62.8 Å². The average Bonchev–Trinajstić information content (AvgIpc) is 2.99. The number of aryl methyl sites for hydroxylation is 1. The summed E-state index contributed by atoms with van der Waals surface area (Å²) in [4.78, 5) is 43.7. The van der Waals surface area contributed by atoms with E-state index in [4.69, 9.17) is 0 Å². The summed E-state index contributed by atoms with van der Waals surface area (Å²) in [6.45, 7) is 1.16. The molecule has 3 aromatic rings. The molecule has 4 rings (SSSR count). The highest BCUT2D eigenvalue weighted by atomic mass is 19.1. The number of fused-ring (bicyclic) bond motifs is 1. The van der Waals surface area contributed by atoms with Gasteiger partial charge in [-0.1, -0.05) is 18.6 Å². The van der Waals surface area contributed by atoms with E-state index in [-0.39, 0.29) is 35.4 Å². The van der Waals surface area contributed by atoms with E-state index in [0.29, 0.717) is 13.1 Å². The third-order valence-corrected chi connectivity index (χ3v) is 5.89. The Morgan fingerprint density at radius 1 is 1.13 bits per heavy atom. The number of hydrogen-bond acceptors (Lipinski definition) is 4. The summed E-state index contributed by atoms with van der Waals surface area (Å²) < 4.78 is 17.1. The van der Waals surface area contributed by atoms with Gasteiger partial charge in [0, 0.05) is 33.1 Å². The molecular weight excluding hydrogens is 389 g/mol. The fourth-order valence-corrected chi connectivity index (χ4v) is 4.14. The van der Waals surface area contributed by atoms with E-state index in [1.54, 1.807) is 24.1 Å². The third kappa shape index (κ3) is 3.55. The summed E-state index contributed by atoms with van der Waals surface area (Å²) in [6.07, 6.45) is 4.25. The summed E-state index contributed by atoms with van der Waals surface area (Å²) in [5.74, 6) is -0.243. The first-order chi connectivity index (χ1) is 14.4. The summed E-state index contributed by atoms with van der Waals surface area (Å²) in [6, 6.07) is 6.46. The molecule has 1 saturated heterocycles. The van der Waals surface area contributed by atoms with Crippen molar-refractivity contribution in [2.24, 2.45) is 14.1 Å². The van der Waals surface area contributed by atoms with Crippen LogP contribution in [0, 0.1) is 5.82 Å². The maximum atomic E-state index is 13.3. The number of hydrogen-bond donors (Lipinski definition) is 0. The standard InChI is InChI=1S/C21H24FN5O3/c1-24-19-18(20(29)25(2)21(24)30)27(13-23-19)12-17(28)26-10-4-3-5-15(11-26)14-6-8-16(22)9-7-14/h6-9,13,15H,3-5,10-12H2,1-2H3. The Balaban J connectivity index is 1.59. The molecule has 0 saturated carbocycles. The Hall–Kier alpha value is -3.23. The van der Waals surface area contributed by atoms with Gasteiger partial charge in [0.1, 0.15) is 12.4 Å². The number of carbonyl (C=O) groups is 1. The van der Waals surface area contributed by atoms with Crippen LogP contribution in [-0.2, 0) is 25.4 Å². The quantitative estimate of drug-likeness (QED) is 0.649. The number of rotatable bonds is 3. The zero-order chi connectivity index (χ0) is 21.4. The van der Waals surface area contributed by atoms with E-state index in [1.165, 1.54) is 34.6 Å². The second-order valence-corrected chi connectivity index (χ2v) is 7.83. The first kappa shape index (κ1) is 20.1. The number of amides is 1. The molecule has 0 aliphatic carbocycles. The minimum absolute atomic E-state index is 0.0277. The van der Waals surface area contributed by atoms with Crippen LogP contribution in [0.15, 0.2) is 40.2 Å². The van der Waals surface area contributed by atoms with Crippen molar-refractivity contribution in [1.29, 1.82) is 0 Å². The van der Waals surface area contributed by atoms with E-state index in [1.807, 2.05) is 0 Å². The lowest BCUT2D eigenvalue weighted by Gasteiger charge is -2.25. The van der Waals surface area contributed by atoms with Crippen LogP contribution in [0.25, 0.3) is 11.2 Å². The molecule has 0 radical (unpaired) electrons. The number of carbonyl (C=O) groups excluding carboxylic acids is 1. The highest BCUT2D eigenvalue weighted by Gasteiger charge is 2.24. The molecule has 1 amide bonds. The fourth-order valence-electron chi connectivity index (χ4n) is 4.14. The predicted octanol–water partition coefficient (Wildman–Crippen LogP) is 1.37. The van der Waals surface area contributed by atoms with E-state index >= 15 is 0 Å². The second kappa shape index (κ2) is 7.89. The Morgan fingerprint density at radius 3 is 2.60 bits per heavy atom. The van der Waals surface area contributed by atoms with Gasteiger partial charge in [-0.3, -0.25) is 18.7 Å². The molecule has 3 heterocycles. The summed E-state index contributed by atoms with van der Waals surface area (Å²) in [7, 11) is 2.96. The van der Waals surface area contributed by atoms with Crippen molar-refractivity contribution >= 4 is 17.1 Å². The molecule has 0 spiro atoms. The van der Waals surface area contributed by atoms with E-state index in [0.717, 1.165) is 29.4 Å². The van der Waals surface area contributed by atoms with Crippen molar-refractivity contribution in [1.82, 2.24) is 23.6 Å². The lowest BCUT2D eigenvalue weighted by molar-refractivity contribution is -0.131. The Kier molecular flexibility index (Phi) is 5.27. The van der Waals surface area contributed by atoms with Crippen molar-refractivity contribution in [2.75, 3.05) is 13.1 Å². The molecule has 1 aliphatic heterocycles. The molecule has 9 heteroatoms. The fraction of sp³-hybridized carbons (Fsp3) is 0.429. The summed E-state index contributed by atoms with van der Waals surface area (Å²) in [5, 5.41) is 0. The molecule has 1 unspecified atom stereocenters. The van der Waals surface area contributed by atoms with Gasteiger partial charge in [-0.2, -0.15) is 0 Å². The van der Waals surface area contributed by atoms with Crippen LogP contribution >= 0.6 is 0 Å². The van der Waals surface area contributed by atoms with Gasteiger partial charge < -0.3 is 9.47 Å². The van der Waals surface area contributed by atoms with Gasteiger partial charge in [-0.05, 0) is 30.5 Å². The van der Waals surface area contributed by atoms with E-state index in [9.17, 15) is 18.8 Å². The first-order valence-electron chi connectivity index (χ1n) is 10.0. The van der Waals surface area contributed by atoms with Crippen molar-refractivity contribution in [3.8, 4) is 0 Å². The SMILES string of the molecule is Cn1c(=O)c2c(ncn2CC(=O)N2CCCCC(c3ccc(F)cc3)C2)n(C)c1=O. The lowest BCUT2D eigenvalue weighted by Crippen LogP contribution is -2.39. The van der Waals surface area contributed by atoms with Gasteiger partial charge in [0.05, 0.1) is 6.33 Å².